The molecule has 0 radical (unpaired) electrons. The molecule has 33 heavy (non-hydrogen) atoms. The molecular weight excluding hydrogens is 456 g/mol. The summed E-state index contributed by atoms with van der Waals surface area (Å²) in [5.74, 6) is -7.67. The van der Waals surface area contributed by atoms with E-state index >= 15 is 0 Å². The van der Waals surface area contributed by atoms with Crippen molar-refractivity contribution < 1.29 is 40.7 Å². The van der Waals surface area contributed by atoms with Gasteiger partial charge in [-0.2, -0.15) is 13.2 Å². The molecule has 1 aliphatic rings. The molecule has 0 aromatic heterocycles. The molecule has 3 amide bonds. The lowest BCUT2D eigenvalue weighted by molar-refractivity contribution is -0.137. The third kappa shape index (κ3) is 5.82. The molecule has 12 heteroatoms. The summed E-state index contributed by atoms with van der Waals surface area (Å²) in [5.41, 5.74) is -1.23. The Balaban J connectivity index is 1.53. The normalized spacial score (nSPS) is 16.1. The smallest absolute Gasteiger partial charge is 0.347 e. The molecule has 1 fully saturated rings. The van der Waals surface area contributed by atoms with Crippen LogP contribution in [0.15, 0.2) is 36.4 Å². The van der Waals surface area contributed by atoms with Gasteiger partial charge in [0.05, 0.1) is 23.7 Å². The number of likely N-dealkylation sites (tertiary alicyclic amines) is 1. The van der Waals surface area contributed by atoms with E-state index in [1.165, 1.54) is 17.0 Å². The molecule has 0 bridgehead atoms. The summed E-state index contributed by atoms with van der Waals surface area (Å²) in [6.07, 6.45) is -4.74. The van der Waals surface area contributed by atoms with Crippen molar-refractivity contribution in [3.63, 3.8) is 0 Å². The molecule has 6 nitrogen and oxygen atoms in total. The molecule has 1 heterocycles. The van der Waals surface area contributed by atoms with Crippen molar-refractivity contribution in [3.8, 4) is 0 Å². The van der Waals surface area contributed by atoms with Crippen LogP contribution in [0.5, 0.6) is 0 Å². The highest BCUT2D eigenvalue weighted by atomic mass is 19.4. The molecule has 2 aromatic rings. The fourth-order valence-electron chi connectivity index (χ4n) is 3.30. The van der Waals surface area contributed by atoms with Gasteiger partial charge in [0.1, 0.15) is 0 Å². The quantitative estimate of drug-likeness (QED) is 0.500. The highest BCUT2D eigenvalue weighted by Crippen LogP contribution is 2.30. The van der Waals surface area contributed by atoms with Crippen LogP contribution in [0.2, 0.25) is 0 Å². The van der Waals surface area contributed by atoms with Gasteiger partial charge in [0.15, 0.2) is 17.5 Å². The van der Waals surface area contributed by atoms with Gasteiger partial charge in [-0.25, -0.2) is 13.2 Å². The average molecular weight is 473 g/mol. The zero-order valence-corrected chi connectivity index (χ0v) is 16.8. The molecule has 1 saturated heterocycles. The second-order valence-corrected chi connectivity index (χ2v) is 7.36. The highest BCUT2D eigenvalue weighted by molar-refractivity contribution is 5.96. The largest absolute Gasteiger partial charge is 0.416 e. The summed E-state index contributed by atoms with van der Waals surface area (Å²) in [6.45, 7) is -0.821. The van der Waals surface area contributed by atoms with Crippen LogP contribution >= 0.6 is 0 Å². The summed E-state index contributed by atoms with van der Waals surface area (Å²) in [4.78, 5) is 37.6. The zero-order chi connectivity index (χ0) is 24.3. The van der Waals surface area contributed by atoms with Crippen molar-refractivity contribution in [2.45, 2.75) is 19.1 Å². The Morgan fingerprint density at radius 2 is 1.79 bits per heavy atom. The second kappa shape index (κ2) is 9.51. The van der Waals surface area contributed by atoms with Crippen LogP contribution in [-0.2, 0) is 27.1 Å². The van der Waals surface area contributed by atoms with Gasteiger partial charge in [-0.15, -0.1) is 0 Å². The van der Waals surface area contributed by atoms with Gasteiger partial charge in [0.2, 0.25) is 17.7 Å². The number of rotatable bonds is 6. The van der Waals surface area contributed by atoms with Crippen LogP contribution in [0.3, 0.4) is 0 Å². The Hall–Kier alpha value is -3.57. The maximum Gasteiger partial charge on any atom is 0.416 e. The first-order valence-corrected chi connectivity index (χ1v) is 9.60. The zero-order valence-electron chi connectivity index (χ0n) is 16.8. The number of alkyl halides is 3. The molecule has 1 aliphatic heterocycles. The molecule has 3 rings (SSSR count). The van der Waals surface area contributed by atoms with Gasteiger partial charge >= 0.3 is 6.18 Å². The van der Waals surface area contributed by atoms with Crippen molar-refractivity contribution >= 4 is 23.4 Å². The number of anilines is 1. The molecule has 0 aliphatic carbocycles. The SMILES string of the molecule is O=C(CNC(=O)C1CC(=O)N(Cc2cccc(C(F)(F)F)c2)C1)Nc1ccc(F)c(F)c1F. The van der Waals surface area contributed by atoms with Crippen LogP contribution < -0.4 is 10.6 Å². The van der Waals surface area contributed by atoms with Crippen LogP contribution in [-0.4, -0.2) is 35.7 Å². The number of benzene rings is 2. The van der Waals surface area contributed by atoms with Crippen molar-refractivity contribution in [3.05, 3.63) is 65.0 Å². The summed E-state index contributed by atoms with van der Waals surface area (Å²) < 4.78 is 78.3. The van der Waals surface area contributed by atoms with Crippen LogP contribution in [0.1, 0.15) is 17.5 Å². The van der Waals surface area contributed by atoms with Gasteiger partial charge in [-0.1, -0.05) is 12.1 Å². The van der Waals surface area contributed by atoms with Crippen molar-refractivity contribution in [1.82, 2.24) is 10.2 Å². The van der Waals surface area contributed by atoms with E-state index in [0.717, 1.165) is 18.2 Å². The maximum absolute atomic E-state index is 13.6. The van der Waals surface area contributed by atoms with E-state index in [-0.39, 0.29) is 25.1 Å². The molecular formula is C21H17F6N3O3. The minimum atomic E-state index is -4.53. The number of amides is 3. The lowest BCUT2D eigenvalue weighted by Gasteiger charge is -2.17. The minimum Gasteiger partial charge on any atom is -0.347 e. The monoisotopic (exact) mass is 473 g/mol. The lowest BCUT2D eigenvalue weighted by Crippen LogP contribution is -2.38. The molecule has 0 spiro atoms. The van der Waals surface area contributed by atoms with E-state index < -0.39 is 65.1 Å². The van der Waals surface area contributed by atoms with Gasteiger partial charge < -0.3 is 15.5 Å². The summed E-state index contributed by atoms with van der Waals surface area (Å²) >= 11 is 0. The number of carbonyl (C=O) groups excluding carboxylic acids is 3. The number of hydrogen-bond donors (Lipinski definition) is 2. The number of carbonyl (C=O) groups is 3. The van der Waals surface area contributed by atoms with Gasteiger partial charge in [0, 0.05) is 19.5 Å². The highest BCUT2D eigenvalue weighted by Gasteiger charge is 2.35. The summed E-state index contributed by atoms with van der Waals surface area (Å²) in [7, 11) is 0. The Labute approximate surface area is 183 Å². The fraction of sp³-hybridized carbons (Fsp3) is 0.286. The van der Waals surface area contributed by atoms with E-state index in [1.807, 2.05) is 5.32 Å². The summed E-state index contributed by atoms with van der Waals surface area (Å²) in [6, 6.07) is 5.91. The number of hydrogen-bond acceptors (Lipinski definition) is 3. The topological polar surface area (TPSA) is 78.5 Å². The van der Waals surface area contributed by atoms with E-state index in [0.29, 0.717) is 6.07 Å². The Kier molecular flexibility index (Phi) is 6.94. The molecule has 176 valence electrons. The van der Waals surface area contributed by atoms with E-state index in [2.05, 4.69) is 5.32 Å². The third-order valence-electron chi connectivity index (χ3n) is 4.95. The van der Waals surface area contributed by atoms with Crippen LogP contribution in [0.25, 0.3) is 0 Å². The van der Waals surface area contributed by atoms with E-state index in [4.69, 9.17) is 0 Å². The molecule has 0 saturated carbocycles. The second-order valence-electron chi connectivity index (χ2n) is 7.36. The fourth-order valence-corrected chi connectivity index (χ4v) is 3.30. The Morgan fingerprint density at radius 1 is 1.06 bits per heavy atom. The van der Waals surface area contributed by atoms with Crippen molar-refractivity contribution in [1.29, 1.82) is 0 Å². The predicted octanol–water partition coefficient (Wildman–Crippen LogP) is 3.23. The van der Waals surface area contributed by atoms with Crippen LogP contribution in [0, 0.1) is 23.4 Å². The van der Waals surface area contributed by atoms with E-state index in [9.17, 15) is 40.7 Å². The van der Waals surface area contributed by atoms with Gasteiger partial charge in [-0.3, -0.25) is 14.4 Å². The first-order chi connectivity index (χ1) is 15.5. The molecule has 1 unspecified atom stereocenters. The van der Waals surface area contributed by atoms with E-state index in [1.54, 1.807) is 0 Å². The minimum absolute atomic E-state index is 0.0691. The van der Waals surface area contributed by atoms with Crippen molar-refractivity contribution in [2.24, 2.45) is 5.92 Å². The number of nitrogens with zero attached hydrogens (tertiary/aromatic N) is 1. The molecule has 2 aromatic carbocycles. The first-order valence-electron chi connectivity index (χ1n) is 9.60. The average Bonchev–Trinajstić information content (AvgIpc) is 3.12. The lowest BCUT2D eigenvalue weighted by atomic mass is 10.1. The molecule has 1 atom stereocenters. The van der Waals surface area contributed by atoms with Crippen molar-refractivity contribution in [2.75, 3.05) is 18.4 Å². The Bertz CT molecular complexity index is 1090. The summed E-state index contributed by atoms with van der Waals surface area (Å²) in [5, 5.41) is 4.24. The predicted molar refractivity (Wildman–Crippen MR) is 103 cm³/mol. The standard InChI is InChI=1S/C21H17F6N3O3/c22-14-4-5-15(19(24)18(14)23)29-16(31)8-28-20(33)12-7-17(32)30(10-12)9-11-2-1-3-13(6-11)21(25,26)27/h1-6,12H,7-10H2,(H,28,33)(H,29,31). The molecule has 2 N–H and O–H groups in total. The number of nitrogens with one attached hydrogen (secondary N) is 2. The van der Waals surface area contributed by atoms with Gasteiger partial charge in [0.25, 0.3) is 0 Å². The first kappa shape index (κ1) is 24.1. The van der Waals surface area contributed by atoms with Crippen LogP contribution in [0.4, 0.5) is 32.0 Å². The Morgan fingerprint density at radius 3 is 2.48 bits per heavy atom. The number of halogens is 6. The van der Waals surface area contributed by atoms with Gasteiger partial charge in [-0.05, 0) is 29.8 Å². The maximum atomic E-state index is 13.6. The third-order valence-corrected chi connectivity index (χ3v) is 4.95.